The van der Waals surface area contributed by atoms with Crippen molar-refractivity contribution in [2.24, 2.45) is 5.92 Å². The number of halogens is 2. The Labute approximate surface area is 125 Å². The zero-order valence-electron chi connectivity index (χ0n) is 11.5. The van der Waals surface area contributed by atoms with Gasteiger partial charge in [-0.1, -0.05) is 66.4 Å². The van der Waals surface area contributed by atoms with E-state index in [1.807, 2.05) is 12.1 Å². The van der Waals surface area contributed by atoms with Gasteiger partial charge in [-0.05, 0) is 24.5 Å². The zero-order chi connectivity index (χ0) is 13.5. The summed E-state index contributed by atoms with van der Waals surface area (Å²) >= 11 is 9.94. The second-order valence-corrected chi connectivity index (χ2v) is 5.57. The van der Waals surface area contributed by atoms with Gasteiger partial charge in [-0.3, -0.25) is 0 Å². The minimum Gasteiger partial charge on any atom is -0.370 e. The molecule has 3 heteroatoms. The summed E-state index contributed by atoms with van der Waals surface area (Å²) in [5.74, 6) is 0.740. The summed E-state index contributed by atoms with van der Waals surface area (Å²) in [4.78, 5) is 2.41. The van der Waals surface area contributed by atoms with Crippen molar-refractivity contribution in [1.29, 1.82) is 0 Å². The van der Waals surface area contributed by atoms with E-state index < -0.39 is 0 Å². The maximum atomic E-state index is 6.39. The Kier molecular flexibility index (Phi) is 7.10. The van der Waals surface area contributed by atoms with Crippen LogP contribution in [-0.4, -0.2) is 13.1 Å². The molecule has 0 amide bonds. The lowest BCUT2D eigenvalue weighted by Crippen LogP contribution is -2.30. The highest BCUT2D eigenvalue weighted by Gasteiger charge is 2.16. The van der Waals surface area contributed by atoms with E-state index in [2.05, 4.69) is 47.7 Å². The summed E-state index contributed by atoms with van der Waals surface area (Å²) in [5, 5.41) is 1.71. The lowest BCUT2D eigenvalue weighted by molar-refractivity contribution is 0.486. The summed E-state index contributed by atoms with van der Waals surface area (Å²) < 4.78 is 0. The summed E-state index contributed by atoms with van der Waals surface area (Å²) in [7, 11) is 0. The fraction of sp³-hybridized carbons (Fsp3) is 0.600. The van der Waals surface area contributed by atoms with Crippen LogP contribution in [0, 0.1) is 5.92 Å². The third-order valence-corrected chi connectivity index (χ3v) is 4.45. The minimum absolute atomic E-state index is 0.740. The Morgan fingerprint density at radius 1 is 1.22 bits per heavy atom. The number of hydrogen-bond donors (Lipinski definition) is 0. The molecule has 0 aliphatic heterocycles. The molecule has 0 saturated heterocycles. The first-order valence-electron chi connectivity index (χ1n) is 6.76. The van der Waals surface area contributed by atoms with Crippen molar-refractivity contribution in [3.63, 3.8) is 0 Å². The van der Waals surface area contributed by atoms with E-state index in [-0.39, 0.29) is 0 Å². The van der Waals surface area contributed by atoms with Crippen molar-refractivity contribution in [3.8, 4) is 0 Å². The molecule has 102 valence electrons. The van der Waals surface area contributed by atoms with Crippen molar-refractivity contribution >= 4 is 33.2 Å². The van der Waals surface area contributed by atoms with Crippen LogP contribution in [-0.2, 0) is 5.33 Å². The van der Waals surface area contributed by atoms with Crippen LogP contribution in [0.5, 0.6) is 0 Å². The minimum atomic E-state index is 0.740. The molecule has 0 heterocycles. The third kappa shape index (κ3) is 3.89. The number of hydrogen-bond acceptors (Lipinski definition) is 1. The van der Waals surface area contributed by atoms with Gasteiger partial charge in [0.1, 0.15) is 0 Å². The Morgan fingerprint density at radius 2 is 1.89 bits per heavy atom. The highest BCUT2D eigenvalue weighted by Crippen LogP contribution is 2.32. The molecule has 1 rings (SSSR count). The van der Waals surface area contributed by atoms with E-state index in [0.717, 1.165) is 29.4 Å². The number of nitrogens with zero attached hydrogens (tertiary/aromatic N) is 1. The van der Waals surface area contributed by atoms with Gasteiger partial charge < -0.3 is 4.90 Å². The molecule has 0 spiro atoms. The molecule has 0 fully saturated rings. The molecule has 1 nitrogen and oxygen atoms in total. The molecule has 0 saturated carbocycles. The SMILES string of the molecule is CCC(CC)CN(CC)c1c(Cl)cccc1CBr. The first-order valence-corrected chi connectivity index (χ1v) is 8.26. The van der Waals surface area contributed by atoms with Crippen LogP contribution in [0.25, 0.3) is 0 Å². The van der Waals surface area contributed by atoms with Gasteiger partial charge in [0.25, 0.3) is 0 Å². The quantitative estimate of drug-likeness (QED) is 0.596. The number of benzene rings is 1. The van der Waals surface area contributed by atoms with Crippen molar-refractivity contribution in [3.05, 3.63) is 28.8 Å². The zero-order valence-corrected chi connectivity index (χ0v) is 13.9. The van der Waals surface area contributed by atoms with Crippen molar-refractivity contribution in [2.45, 2.75) is 38.9 Å². The average Bonchev–Trinajstić information content (AvgIpc) is 2.41. The Morgan fingerprint density at radius 3 is 2.39 bits per heavy atom. The van der Waals surface area contributed by atoms with E-state index in [1.54, 1.807) is 0 Å². The maximum absolute atomic E-state index is 6.39. The van der Waals surface area contributed by atoms with Gasteiger partial charge in [0.2, 0.25) is 0 Å². The molecule has 0 atom stereocenters. The van der Waals surface area contributed by atoms with Gasteiger partial charge in [0.05, 0.1) is 10.7 Å². The maximum Gasteiger partial charge on any atom is 0.0642 e. The predicted molar refractivity (Wildman–Crippen MR) is 86.0 cm³/mol. The lowest BCUT2D eigenvalue weighted by atomic mass is 10.0. The summed E-state index contributed by atoms with van der Waals surface area (Å²) in [5.41, 5.74) is 2.47. The summed E-state index contributed by atoms with van der Waals surface area (Å²) in [6.07, 6.45) is 2.45. The molecular weight excluding hydrogens is 310 g/mol. The Hall–Kier alpha value is -0.210. The molecule has 0 unspecified atom stereocenters. The van der Waals surface area contributed by atoms with Gasteiger partial charge in [-0.2, -0.15) is 0 Å². The van der Waals surface area contributed by atoms with E-state index in [0.29, 0.717) is 0 Å². The van der Waals surface area contributed by atoms with Crippen LogP contribution in [0.2, 0.25) is 5.02 Å². The van der Waals surface area contributed by atoms with Crippen molar-refractivity contribution < 1.29 is 0 Å². The van der Waals surface area contributed by atoms with Gasteiger partial charge >= 0.3 is 0 Å². The standard InChI is InChI=1S/C15H23BrClN/c1-4-12(5-2)11-18(6-3)15-13(10-16)8-7-9-14(15)17/h7-9,12H,4-6,10-11H2,1-3H3. The first kappa shape index (κ1) is 15.8. The largest absolute Gasteiger partial charge is 0.370 e. The van der Waals surface area contributed by atoms with Gasteiger partial charge in [0, 0.05) is 18.4 Å². The number of alkyl halides is 1. The van der Waals surface area contributed by atoms with Crippen molar-refractivity contribution in [1.82, 2.24) is 0 Å². The fourth-order valence-electron chi connectivity index (χ4n) is 2.26. The van der Waals surface area contributed by atoms with E-state index in [4.69, 9.17) is 11.6 Å². The molecule has 1 aromatic rings. The molecule has 0 aliphatic carbocycles. The topological polar surface area (TPSA) is 3.24 Å². The smallest absolute Gasteiger partial charge is 0.0642 e. The van der Waals surface area contributed by atoms with Gasteiger partial charge in [0.15, 0.2) is 0 Å². The van der Waals surface area contributed by atoms with Crippen LogP contribution in [0.15, 0.2) is 18.2 Å². The Bertz CT molecular complexity index is 364. The molecule has 1 aromatic carbocycles. The second kappa shape index (κ2) is 8.06. The predicted octanol–water partition coefficient (Wildman–Crippen LogP) is 5.50. The molecule has 0 radical (unpaired) electrons. The van der Waals surface area contributed by atoms with Crippen molar-refractivity contribution in [2.75, 3.05) is 18.0 Å². The monoisotopic (exact) mass is 331 g/mol. The fourth-order valence-corrected chi connectivity index (χ4v) is 3.03. The number of anilines is 1. The highest BCUT2D eigenvalue weighted by atomic mass is 79.9. The molecule has 18 heavy (non-hydrogen) atoms. The van der Waals surface area contributed by atoms with Gasteiger partial charge in [-0.15, -0.1) is 0 Å². The number of para-hydroxylation sites is 1. The van der Waals surface area contributed by atoms with E-state index in [9.17, 15) is 0 Å². The summed E-state index contributed by atoms with van der Waals surface area (Å²) in [6, 6.07) is 6.15. The highest BCUT2D eigenvalue weighted by molar-refractivity contribution is 9.08. The molecule has 0 aliphatic rings. The average molecular weight is 333 g/mol. The Balaban J connectivity index is 3.00. The van der Waals surface area contributed by atoms with E-state index >= 15 is 0 Å². The third-order valence-electron chi connectivity index (χ3n) is 3.55. The molecule has 0 bridgehead atoms. The molecular formula is C15H23BrClN. The second-order valence-electron chi connectivity index (χ2n) is 4.60. The molecule has 0 aromatic heterocycles. The van der Waals surface area contributed by atoms with Gasteiger partial charge in [-0.25, -0.2) is 0 Å². The van der Waals surface area contributed by atoms with Crippen LogP contribution in [0.1, 0.15) is 39.2 Å². The van der Waals surface area contributed by atoms with Crippen LogP contribution >= 0.6 is 27.5 Å². The molecule has 0 N–H and O–H groups in total. The van der Waals surface area contributed by atoms with Crippen LogP contribution < -0.4 is 4.90 Å². The first-order chi connectivity index (χ1) is 8.67. The lowest BCUT2D eigenvalue weighted by Gasteiger charge is -2.30. The summed E-state index contributed by atoms with van der Waals surface area (Å²) in [6.45, 7) is 8.82. The van der Waals surface area contributed by atoms with Crippen LogP contribution in [0.3, 0.4) is 0 Å². The normalized spacial score (nSPS) is 11.0. The number of rotatable bonds is 7. The van der Waals surface area contributed by atoms with Crippen LogP contribution in [0.4, 0.5) is 5.69 Å². The van der Waals surface area contributed by atoms with E-state index in [1.165, 1.54) is 24.1 Å².